The van der Waals surface area contributed by atoms with E-state index < -0.39 is 0 Å². The van der Waals surface area contributed by atoms with Gasteiger partial charge in [0.25, 0.3) is 5.91 Å². The molecule has 122 valence electrons. The van der Waals surface area contributed by atoms with Crippen molar-refractivity contribution in [1.82, 2.24) is 9.47 Å². The van der Waals surface area contributed by atoms with E-state index in [-0.39, 0.29) is 5.91 Å². The Labute approximate surface area is 146 Å². The van der Waals surface area contributed by atoms with Crippen LogP contribution in [0.5, 0.6) is 0 Å². The molecule has 1 aliphatic rings. The van der Waals surface area contributed by atoms with E-state index in [1.54, 1.807) is 11.3 Å². The van der Waals surface area contributed by atoms with E-state index in [1.165, 1.54) is 10.4 Å². The molecule has 1 atom stereocenters. The summed E-state index contributed by atoms with van der Waals surface area (Å²) in [5, 5.41) is 2.07. The molecule has 1 fully saturated rings. The van der Waals surface area contributed by atoms with Gasteiger partial charge in [-0.3, -0.25) is 4.79 Å². The van der Waals surface area contributed by atoms with E-state index in [0.29, 0.717) is 5.92 Å². The predicted molar refractivity (Wildman–Crippen MR) is 97.6 cm³/mol. The highest BCUT2D eigenvalue weighted by atomic mass is 32.1. The number of carbonyl (C=O) groups excluding carboxylic acids is 1. The van der Waals surface area contributed by atoms with Crippen LogP contribution in [0.3, 0.4) is 0 Å². The van der Waals surface area contributed by atoms with Gasteiger partial charge in [0.15, 0.2) is 0 Å². The third kappa shape index (κ3) is 3.02. The SMILES string of the molecule is O=C(c1cccn1Cc1cccs1)N1CC[C@H](c2ccccc2)C1. The Morgan fingerprint density at radius 1 is 1.08 bits per heavy atom. The Kier molecular flexibility index (Phi) is 4.22. The van der Waals surface area contributed by atoms with Crippen molar-refractivity contribution in [3.8, 4) is 0 Å². The van der Waals surface area contributed by atoms with Crippen molar-refractivity contribution in [2.24, 2.45) is 0 Å². The molecule has 2 aromatic heterocycles. The quantitative estimate of drug-likeness (QED) is 0.700. The second-order valence-electron chi connectivity index (χ2n) is 6.25. The summed E-state index contributed by atoms with van der Waals surface area (Å²) in [4.78, 5) is 16.2. The first-order valence-electron chi connectivity index (χ1n) is 8.33. The topological polar surface area (TPSA) is 25.2 Å². The number of benzene rings is 1. The van der Waals surface area contributed by atoms with E-state index >= 15 is 0 Å². The lowest BCUT2D eigenvalue weighted by Crippen LogP contribution is -2.30. The fourth-order valence-corrected chi connectivity index (χ4v) is 4.12. The normalized spacial score (nSPS) is 17.3. The molecule has 1 saturated heterocycles. The van der Waals surface area contributed by atoms with Crippen LogP contribution in [0.15, 0.2) is 66.2 Å². The lowest BCUT2D eigenvalue weighted by Gasteiger charge is -2.18. The summed E-state index contributed by atoms with van der Waals surface area (Å²) in [7, 11) is 0. The van der Waals surface area contributed by atoms with Crippen LogP contribution in [0, 0.1) is 0 Å². The molecule has 4 heteroatoms. The number of thiophene rings is 1. The van der Waals surface area contributed by atoms with Gasteiger partial charge in [0.2, 0.25) is 0 Å². The van der Waals surface area contributed by atoms with Crippen molar-refractivity contribution in [2.45, 2.75) is 18.9 Å². The fourth-order valence-electron chi connectivity index (χ4n) is 3.42. The lowest BCUT2D eigenvalue weighted by atomic mass is 9.99. The van der Waals surface area contributed by atoms with Gasteiger partial charge in [0, 0.05) is 30.1 Å². The highest BCUT2D eigenvalue weighted by Gasteiger charge is 2.29. The van der Waals surface area contributed by atoms with Crippen molar-refractivity contribution in [1.29, 1.82) is 0 Å². The zero-order chi connectivity index (χ0) is 16.4. The molecule has 0 unspecified atom stereocenters. The summed E-state index contributed by atoms with van der Waals surface area (Å²) < 4.78 is 2.06. The molecule has 1 aliphatic heterocycles. The Morgan fingerprint density at radius 3 is 2.75 bits per heavy atom. The average molecular weight is 336 g/mol. The minimum Gasteiger partial charge on any atom is -0.338 e. The number of amides is 1. The summed E-state index contributed by atoms with van der Waals surface area (Å²) in [6.45, 7) is 2.41. The molecule has 3 heterocycles. The van der Waals surface area contributed by atoms with Crippen LogP contribution in [-0.4, -0.2) is 28.5 Å². The van der Waals surface area contributed by atoms with Crippen LogP contribution in [0.2, 0.25) is 0 Å². The summed E-state index contributed by atoms with van der Waals surface area (Å²) in [5.74, 6) is 0.603. The summed E-state index contributed by atoms with van der Waals surface area (Å²) in [5.41, 5.74) is 2.12. The predicted octanol–water partition coefficient (Wildman–Crippen LogP) is 4.23. The molecule has 24 heavy (non-hydrogen) atoms. The maximum absolute atomic E-state index is 12.9. The second-order valence-corrected chi connectivity index (χ2v) is 7.28. The minimum absolute atomic E-state index is 0.148. The van der Waals surface area contributed by atoms with Crippen LogP contribution in [0.4, 0.5) is 0 Å². The molecule has 0 radical (unpaired) electrons. The van der Waals surface area contributed by atoms with Gasteiger partial charge in [0.05, 0.1) is 6.54 Å². The number of aromatic nitrogens is 1. The first kappa shape index (κ1) is 15.2. The molecule has 0 saturated carbocycles. The van der Waals surface area contributed by atoms with Gasteiger partial charge in [-0.25, -0.2) is 0 Å². The Morgan fingerprint density at radius 2 is 1.96 bits per heavy atom. The van der Waals surface area contributed by atoms with Gasteiger partial charge in [0.1, 0.15) is 5.69 Å². The molecule has 0 aliphatic carbocycles. The van der Waals surface area contributed by atoms with Gasteiger partial charge in [-0.2, -0.15) is 0 Å². The number of hydrogen-bond donors (Lipinski definition) is 0. The molecular weight excluding hydrogens is 316 g/mol. The average Bonchev–Trinajstić information content (AvgIpc) is 3.37. The highest BCUT2D eigenvalue weighted by Crippen LogP contribution is 2.28. The molecule has 1 aromatic carbocycles. The van der Waals surface area contributed by atoms with E-state index in [1.807, 2.05) is 29.3 Å². The second kappa shape index (κ2) is 6.65. The number of rotatable bonds is 4. The van der Waals surface area contributed by atoms with Crippen molar-refractivity contribution in [3.63, 3.8) is 0 Å². The third-order valence-electron chi connectivity index (χ3n) is 4.70. The van der Waals surface area contributed by atoms with Crippen LogP contribution in [0.25, 0.3) is 0 Å². The molecule has 3 aromatic rings. The summed E-state index contributed by atoms with van der Waals surface area (Å²) in [6.07, 6.45) is 3.04. The van der Waals surface area contributed by atoms with Crippen LogP contribution >= 0.6 is 11.3 Å². The standard InChI is InChI=1S/C20H20N2OS/c23-20(19-9-4-11-21(19)15-18-8-5-13-24-18)22-12-10-17(14-22)16-6-2-1-3-7-16/h1-9,11,13,17H,10,12,14-15H2/t17-/m0/s1. The highest BCUT2D eigenvalue weighted by molar-refractivity contribution is 7.09. The van der Waals surface area contributed by atoms with E-state index in [9.17, 15) is 4.79 Å². The minimum atomic E-state index is 0.148. The van der Waals surface area contributed by atoms with Crippen molar-refractivity contribution >= 4 is 17.2 Å². The molecule has 3 nitrogen and oxygen atoms in total. The number of hydrogen-bond acceptors (Lipinski definition) is 2. The van der Waals surface area contributed by atoms with E-state index in [2.05, 4.69) is 46.3 Å². The largest absolute Gasteiger partial charge is 0.338 e. The zero-order valence-electron chi connectivity index (χ0n) is 13.5. The van der Waals surface area contributed by atoms with Crippen molar-refractivity contribution in [2.75, 3.05) is 13.1 Å². The molecular formula is C20H20N2OS. The number of likely N-dealkylation sites (tertiary alicyclic amines) is 1. The van der Waals surface area contributed by atoms with Crippen molar-refractivity contribution in [3.05, 3.63) is 82.3 Å². The van der Waals surface area contributed by atoms with Crippen molar-refractivity contribution < 1.29 is 4.79 Å². The van der Waals surface area contributed by atoms with Gasteiger partial charge < -0.3 is 9.47 Å². The van der Waals surface area contributed by atoms with E-state index in [4.69, 9.17) is 0 Å². The summed E-state index contributed by atoms with van der Waals surface area (Å²) >= 11 is 1.73. The van der Waals surface area contributed by atoms with Crippen LogP contribution in [0.1, 0.15) is 33.3 Å². The Balaban J connectivity index is 1.48. The van der Waals surface area contributed by atoms with Crippen LogP contribution < -0.4 is 0 Å². The molecule has 4 rings (SSSR count). The lowest BCUT2D eigenvalue weighted by molar-refractivity contribution is 0.0780. The van der Waals surface area contributed by atoms with Crippen LogP contribution in [-0.2, 0) is 6.54 Å². The maximum atomic E-state index is 12.9. The van der Waals surface area contributed by atoms with E-state index in [0.717, 1.165) is 31.7 Å². The third-order valence-corrected chi connectivity index (χ3v) is 5.56. The zero-order valence-corrected chi connectivity index (χ0v) is 14.3. The van der Waals surface area contributed by atoms with Gasteiger partial charge in [-0.15, -0.1) is 11.3 Å². The first-order chi connectivity index (χ1) is 11.8. The fraction of sp³-hybridized carbons (Fsp3) is 0.250. The number of nitrogens with zero attached hydrogens (tertiary/aromatic N) is 2. The smallest absolute Gasteiger partial charge is 0.270 e. The van der Waals surface area contributed by atoms with Gasteiger partial charge in [-0.05, 0) is 35.6 Å². The Hall–Kier alpha value is -2.33. The molecule has 0 spiro atoms. The van der Waals surface area contributed by atoms with Gasteiger partial charge >= 0.3 is 0 Å². The molecule has 0 bridgehead atoms. The maximum Gasteiger partial charge on any atom is 0.270 e. The molecule has 0 N–H and O–H groups in total. The number of carbonyl (C=O) groups is 1. The van der Waals surface area contributed by atoms with Gasteiger partial charge in [-0.1, -0.05) is 36.4 Å². The molecule has 1 amide bonds. The Bertz CT molecular complexity index is 807. The monoisotopic (exact) mass is 336 g/mol. The summed E-state index contributed by atoms with van der Waals surface area (Å²) in [6, 6.07) is 18.6. The first-order valence-corrected chi connectivity index (χ1v) is 9.21.